The molecule has 0 saturated heterocycles. The maximum absolute atomic E-state index is 11.6. The van der Waals surface area contributed by atoms with E-state index in [-0.39, 0.29) is 5.56 Å². The van der Waals surface area contributed by atoms with E-state index in [1.54, 1.807) is 25.1 Å². The predicted molar refractivity (Wildman–Crippen MR) is 80.2 cm³/mol. The fraction of sp³-hybridized carbons (Fsp3) is 0.133. The van der Waals surface area contributed by atoms with Crippen molar-refractivity contribution in [1.29, 1.82) is 0 Å². The number of aromatic nitrogens is 3. The van der Waals surface area contributed by atoms with Crippen molar-refractivity contribution in [1.82, 2.24) is 15.0 Å². The molecule has 2 heterocycles. The smallest absolute Gasteiger partial charge is 0.336 e. The van der Waals surface area contributed by atoms with E-state index in [0.717, 1.165) is 11.1 Å². The number of rotatable bonds is 2. The quantitative estimate of drug-likeness (QED) is 0.669. The Morgan fingerprint density at radius 2 is 1.86 bits per heavy atom. The first kappa shape index (κ1) is 13.1. The van der Waals surface area contributed by atoms with Crippen LogP contribution in [0.1, 0.15) is 21.5 Å². The van der Waals surface area contributed by atoms with Crippen LogP contribution < -0.4 is 5.73 Å². The number of nitrogens with zero attached hydrogens (tertiary/aromatic N) is 2. The van der Waals surface area contributed by atoms with E-state index < -0.39 is 5.97 Å². The topological polar surface area (TPSA) is 105 Å². The molecule has 6 heteroatoms. The lowest BCUT2D eigenvalue weighted by atomic mass is 9.97. The molecule has 0 bridgehead atoms. The Morgan fingerprint density at radius 3 is 2.57 bits per heavy atom. The summed E-state index contributed by atoms with van der Waals surface area (Å²) in [4.78, 5) is 23.2. The van der Waals surface area contributed by atoms with Gasteiger partial charge >= 0.3 is 5.97 Å². The molecule has 2 aromatic heterocycles. The molecule has 106 valence electrons. The lowest BCUT2D eigenvalue weighted by Gasteiger charge is -2.10. The number of aromatic amines is 1. The number of carbonyl (C=O) groups is 1. The summed E-state index contributed by atoms with van der Waals surface area (Å²) in [6.45, 7) is 3.63. The molecule has 21 heavy (non-hydrogen) atoms. The Morgan fingerprint density at radius 1 is 1.14 bits per heavy atom. The van der Waals surface area contributed by atoms with Crippen LogP contribution in [0.2, 0.25) is 0 Å². The molecular formula is C15H14N4O2. The Labute approximate surface area is 120 Å². The van der Waals surface area contributed by atoms with Gasteiger partial charge in [-0.2, -0.15) is 0 Å². The third kappa shape index (κ3) is 2.10. The number of hydrogen-bond donors (Lipinski definition) is 3. The SMILES string of the molecule is Cc1ccc(C)c(-c2nc3nc(N)ccc3[nH]2)c1C(=O)O. The number of H-pyrrole nitrogens is 1. The summed E-state index contributed by atoms with van der Waals surface area (Å²) in [7, 11) is 0. The standard InChI is InChI=1S/C15H14N4O2/c1-7-3-4-8(2)12(15(20)21)11(7)14-17-9-5-6-10(16)18-13(9)19-14/h3-6H,1-2H3,(H,20,21)(H3,16,17,18,19). The first-order valence-corrected chi connectivity index (χ1v) is 6.43. The molecule has 3 rings (SSSR count). The number of nitrogen functional groups attached to an aromatic ring is 1. The Balaban J connectivity index is 2.32. The molecule has 3 aromatic rings. The third-order valence-electron chi connectivity index (χ3n) is 3.44. The summed E-state index contributed by atoms with van der Waals surface area (Å²) in [5.41, 5.74) is 9.20. The molecule has 0 aliphatic heterocycles. The molecule has 0 unspecified atom stereocenters. The number of nitrogens with two attached hydrogens (primary N) is 1. The van der Waals surface area contributed by atoms with Gasteiger partial charge in [-0.25, -0.2) is 14.8 Å². The molecular weight excluding hydrogens is 268 g/mol. The van der Waals surface area contributed by atoms with E-state index in [9.17, 15) is 9.90 Å². The van der Waals surface area contributed by atoms with Crippen LogP contribution in [-0.2, 0) is 0 Å². The summed E-state index contributed by atoms with van der Waals surface area (Å²) in [5, 5.41) is 9.47. The monoisotopic (exact) mass is 282 g/mol. The largest absolute Gasteiger partial charge is 0.478 e. The second-order valence-electron chi connectivity index (χ2n) is 4.95. The Kier molecular flexibility index (Phi) is 2.86. The van der Waals surface area contributed by atoms with Crippen LogP contribution in [-0.4, -0.2) is 26.0 Å². The Bertz CT molecular complexity index is 867. The number of pyridine rings is 1. The van der Waals surface area contributed by atoms with Gasteiger partial charge in [0.05, 0.1) is 11.1 Å². The van der Waals surface area contributed by atoms with Crippen LogP contribution in [0.15, 0.2) is 24.3 Å². The van der Waals surface area contributed by atoms with Crippen LogP contribution in [0.25, 0.3) is 22.6 Å². The van der Waals surface area contributed by atoms with Crippen molar-refractivity contribution in [2.75, 3.05) is 5.73 Å². The van der Waals surface area contributed by atoms with Crippen LogP contribution in [0.5, 0.6) is 0 Å². The van der Waals surface area contributed by atoms with Crippen molar-refractivity contribution >= 4 is 23.0 Å². The fourth-order valence-corrected chi connectivity index (χ4v) is 2.42. The van der Waals surface area contributed by atoms with E-state index in [1.165, 1.54) is 0 Å². The molecule has 0 spiro atoms. The van der Waals surface area contributed by atoms with E-state index in [2.05, 4.69) is 15.0 Å². The van der Waals surface area contributed by atoms with Gasteiger partial charge in [-0.05, 0) is 37.1 Å². The lowest BCUT2D eigenvalue weighted by Crippen LogP contribution is -2.05. The highest BCUT2D eigenvalue weighted by atomic mass is 16.4. The fourth-order valence-electron chi connectivity index (χ4n) is 2.42. The van der Waals surface area contributed by atoms with E-state index in [0.29, 0.717) is 28.4 Å². The number of carboxylic acid groups (broad SMARTS) is 1. The highest BCUT2D eigenvalue weighted by Crippen LogP contribution is 2.29. The maximum Gasteiger partial charge on any atom is 0.336 e. The van der Waals surface area contributed by atoms with Gasteiger partial charge in [-0.15, -0.1) is 0 Å². The number of imidazole rings is 1. The zero-order chi connectivity index (χ0) is 15.1. The highest BCUT2D eigenvalue weighted by molar-refractivity contribution is 5.98. The molecule has 0 aliphatic rings. The number of fused-ring (bicyclic) bond motifs is 1. The minimum absolute atomic E-state index is 0.252. The van der Waals surface area contributed by atoms with Crippen molar-refractivity contribution in [3.63, 3.8) is 0 Å². The molecule has 0 atom stereocenters. The molecule has 1 aromatic carbocycles. The highest BCUT2D eigenvalue weighted by Gasteiger charge is 2.19. The molecule has 4 N–H and O–H groups in total. The van der Waals surface area contributed by atoms with Crippen LogP contribution >= 0.6 is 0 Å². The number of aromatic carboxylic acids is 1. The van der Waals surface area contributed by atoms with Crippen molar-refractivity contribution in [3.05, 3.63) is 41.0 Å². The first-order valence-electron chi connectivity index (χ1n) is 6.43. The minimum Gasteiger partial charge on any atom is -0.478 e. The molecule has 6 nitrogen and oxygen atoms in total. The number of benzene rings is 1. The van der Waals surface area contributed by atoms with Crippen LogP contribution in [0, 0.1) is 13.8 Å². The van der Waals surface area contributed by atoms with E-state index in [4.69, 9.17) is 5.73 Å². The lowest BCUT2D eigenvalue weighted by molar-refractivity contribution is 0.0697. The minimum atomic E-state index is -0.973. The number of aryl methyl sites for hydroxylation is 2. The van der Waals surface area contributed by atoms with E-state index >= 15 is 0 Å². The summed E-state index contributed by atoms with van der Waals surface area (Å²) in [6, 6.07) is 7.12. The summed E-state index contributed by atoms with van der Waals surface area (Å²) < 4.78 is 0. The van der Waals surface area contributed by atoms with Gasteiger partial charge in [0.25, 0.3) is 0 Å². The normalized spacial score (nSPS) is 11.0. The molecule has 0 saturated carbocycles. The molecule has 0 radical (unpaired) electrons. The average Bonchev–Trinajstić information content (AvgIpc) is 2.83. The van der Waals surface area contributed by atoms with Crippen molar-refractivity contribution in [2.45, 2.75) is 13.8 Å². The van der Waals surface area contributed by atoms with Gasteiger partial charge in [0.1, 0.15) is 11.6 Å². The molecule has 0 fully saturated rings. The van der Waals surface area contributed by atoms with Crippen molar-refractivity contribution < 1.29 is 9.90 Å². The van der Waals surface area contributed by atoms with Gasteiger partial charge in [0.2, 0.25) is 0 Å². The second-order valence-corrected chi connectivity index (χ2v) is 4.95. The number of hydrogen-bond acceptors (Lipinski definition) is 4. The van der Waals surface area contributed by atoms with Gasteiger partial charge in [0, 0.05) is 5.56 Å². The average molecular weight is 282 g/mol. The predicted octanol–water partition coefficient (Wildman–Crippen LogP) is 2.52. The van der Waals surface area contributed by atoms with Crippen molar-refractivity contribution in [3.8, 4) is 11.4 Å². The zero-order valence-corrected chi connectivity index (χ0v) is 11.6. The maximum atomic E-state index is 11.6. The van der Waals surface area contributed by atoms with Crippen LogP contribution in [0.3, 0.4) is 0 Å². The van der Waals surface area contributed by atoms with Gasteiger partial charge < -0.3 is 15.8 Å². The van der Waals surface area contributed by atoms with E-state index in [1.807, 2.05) is 13.0 Å². The van der Waals surface area contributed by atoms with Gasteiger partial charge in [0.15, 0.2) is 5.65 Å². The number of carboxylic acids is 1. The molecule has 0 aliphatic carbocycles. The van der Waals surface area contributed by atoms with Crippen LogP contribution in [0.4, 0.5) is 5.82 Å². The summed E-state index contributed by atoms with van der Waals surface area (Å²) >= 11 is 0. The zero-order valence-electron chi connectivity index (χ0n) is 11.6. The van der Waals surface area contributed by atoms with Crippen molar-refractivity contribution in [2.24, 2.45) is 0 Å². The first-order chi connectivity index (χ1) is 9.97. The Hall–Kier alpha value is -2.89. The molecule has 0 amide bonds. The third-order valence-corrected chi connectivity index (χ3v) is 3.44. The number of anilines is 1. The summed E-state index contributed by atoms with van der Waals surface area (Å²) in [5.74, 6) is -0.110. The summed E-state index contributed by atoms with van der Waals surface area (Å²) in [6.07, 6.45) is 0. The second kappa shape index (κ2) is 4.59. The van der Waals surface area contributed by atoms with Gasteiger partial charge in [-0.1, -0.05) is 12.1 Å². The van der Waals surface area contributed by atoms with Gasteiger partial charge in [-0.3, -0.25) is 0 Å². The number of nitrogens with one attached hydrogen (secondary N) is 1.